The molecule has 0 heterocycles. The molecule has 0 aromatic rings. The summed E-state index contributed by atoms with van der Waals surface area (Å²) < 4.78 is 0. The highest BCUT2D eigenvalue weighted by Crippen LogP contribution is 2.39. The van der Waals surface area contributed by atoms with Crippen LogP contribution >= 0.6 is 0 Å². The molecular formula is C15H22O8. The summed E-state index contributed by atoms with van der Waals surface area (Å²) in [6.45, 7) is 1.92. The van der Waals surface area contributed by atoms with Crippen molar-refractivity contribution in [1.29, 1.82) is 0 Å². The predicted molar refractivity (Wildman–Crippen MR) is 76.8 cm³/mol. The minimum atomic E-state index is -1.49. The molecule has 1 fully saturated rings. The number of hydrogen-bond donors (Lipinski definition) is 4. The van der Waals surface area contributed by atoms with Gasteiger partial charge in [0.15, 0.2) is 11.8 Å². The van der Waals surface area contributed by atoms with Crippen LogP contribution < -0.4 is 0 Å². The van der Waals surface area contributed by atoms with Crippen LogP contribution in [0.2, 0.25) is 0 Å². The lowest BCUT2D eigenvalue weighted by atomic mass is 9.70. The van der Waals surface area contributed by atoms with Crippen LogP contribution in [0.5, 0.6) is 0 Å². The summed E-state index contributed by atoms with van der Waals surface area (Å²) in [4.78, 5) is 44.0. The predicted octanol–water partition coefficient (Wildman–Crippen LogP) is 1.39. The molecular weight excluding hydrogens is 308 g/mol. The highest BCUT2D eigenvalue weighted by molar-refractivity contribution is 5.93. The minimum absolute atomic E-state index is 0.0175. The standard InChI is InChI=1S/C15H22O8/c1-7-2-8(5-10(12(16)17)13(18)19)4-9(3-7)6-11(14(20)21)15(22)23/h7-11H,2-6H2,1H3,(H,16,17)(H,18,19)(H,20,21)(H,22,23). The summed E-state index contributed by atoms with van der Waals surface area (Å²) in [5.41, 5.74) is 0. The SMILES string of the molecule is CC1CC(CC(C(=O)O)C(=O)O)CC(CC(C(=O)O)C(=O)O)C1. The van der Waals surface area contributed by atoms with E-state index in [4.69, 9.17) is 20.4 Å². The van der Waals surface area contributed by atoms with E-state index in [0.29, 0.717) is 19.3 Å². The first kappa shape index (κ1) is 18.9. The normalized spacial score (nSPS) is 24.6. The Morgan fingerprint density at radius 2 is 1.04 bits per heavy atom. The van der Waals surface area contributed by atoms with Gasteiger partial charge in [-0.25, -0.2) is 0 Å². The van der Waals surface area contributed by atoms with Crippen molar-refractivity contribution in [1.82, 2.24) is 0 Å². The van der Waals surface area contributed by atoms with Crippen LogP contribution in [-0.2, 0) is 19.2 Å². The van der Waals surface area contributed by atoms with Crippen LogP contribution in [0.1, 0.15) is 39.0 Å². The quantitative estimate of drug-likeness (QED) is 0.488. The molecule has 2 unspecified atom stereocenters. The smallest absolute Gasteiger partial charge is 0.317 e. The third-order valence-electron chi connectivity index (χ3n) is 4.47. The Morgan fingerprint density at radius 3 is 1.30 bits per heavy atom. The van der Waals surface area contributed by atoms with Gasteiger partial charge in [-0.3, -0.25) is 19.2 Å². The monoisotopic (exact) mass is 330 g/mol. The Hall–Kier alpha value is -2.12. The van der Waals surface area contributed by atoms with Gasteiger partial charge < -0.3 is 20.4 Å². The largest absolute Gasteiger partial charge is 0.481 e. The number of carboxylic acids is 4. The number of rotatable bonds is 8. The van der Waals surface area contributed by atoms with Crippen molar-refractivity contribution in [2.45, 2.75) is 39.0 Å². The molecule has 1 aliphatic rings. The van der Waals surface area contributed by atoms with Crippen molar-refractivity contribution in [2.75, 3.05) is 0 Å². The Kier molecular flexibility index (Phi) is 6.53. The summed E-state index contributed by atoms with van der Waals surface area (Å²) in [7, 11) is 0. The molecule has 0 radical (unpaired) electrons. The van der Waals surface area contributed by atoms with E-state index >= 15 is 0 Å². The van der Waals surface area contributed by atoms with Crippen molar-refractivity contribution in [2.24, 2.45) is 29.6 Å². The fourth-order valence-corrected chi connectivity index (χ4v) is 3.56. The lowest BCUT2D eigenvalue weighted by molar-refractivity contribution is -0.156. The molecule has 0 saturated heterocycles. The third kappa shape index (κ3) is 5.54. The maximum atomic E-state index is 11.0. The highest BCUT2D eigenvalue weighted by atomic mass is 16.4. The summed E-state index contributed by atoms with van der Waals surface area (Å²) >= 11 is 0. The van der Waals surface area contributed by atoms with Crippen LogP contribution in [0.25, 0.3) is 0 Å². The van der Waals surface area contributed by atoms with Gasteiger partial charge in [0, 0.05) is 0 Å². The summed E-state index contributed by atoms with van der Waals surface area (Å²) in [6, 6.07) is 0. The summed E-state index contributed by atoms with van der Waals surface area (Å²) in [6.07, 6.45) is 1.75. The van der Waals surface area contributed by atoms with E-state index in [1.165, 1.54) is 0 Å². The molecule has 0 amide bonds. The molecule has 8 heteroatoms. The van der Waals surface area contributed by atoms with E-state index in [-0.39, 0.29) is 30.6 Å². The van der Waals surface area contributed by atoms with E-state index in [9.17, 15) is 19.2 Å². The summed E-state index contributed by atoms with van der Waals surface area (Å²) in [5, 5.41) is 35.8. The molecule has 0 aromatic heterocycles. The lowest BCUT2D eigenvalue weighted by Crippen LogP contribution is -2.32. The zero-order valence-electron chi connectivity index (χ0n) is 12.8. The van der Waals surface area contributed by atoms with Gasteiger partial charge in [0.05, 0.1) is 0 Å². The molecule has 0 aliphatic heterocycles. The number of carbonyl (C=O) groups is 4. The van der Waals surface area contributed by atoms with E-state index in [1.54, 1.807) is 0 Å². The van der Waals surface area contributed by atoms with Gasteiger partial charge >= 0.3 is 23.9 Å². The topological polar surface area (TPSA) is 149 Å². The Morgan fingerprint density at radius 1 is 0.739 bits per heavy atom. The van der Waals surface area contributed by atoms with Gasteiger partial charge in [-0.1, -0.05) is 6.92 Å². The van der Waals surface area contributed by atoms with E-state index in [1.807, 2.05) is 6.92 Å². The first-order valence-electron chi connectivity index (χ1n) is 7.53. The van der Waals surface area contributed by atoms with E-state index in [2.05, 4.69) is 0 Å². The van der Waals surface area contributed by atoms with Crippen molar-refractivity contribution in [3.63, 3.8) is 0 Å². The minimum Gasteiger partial charge on any atom is -0.481 e. The second-order valence-electron chi connectivity index (χ2n) is 6.47. The number of hydrogen-bond acceptors (Lipinski definition) is 4. The molecule has 0 bridgehead atoms. The molecule has 8 nitrogen and oxygen atoms in total. The van der Waals surface area contributed by atoms with Crippen molar-refractivity contribution in [3.8, 4) is 0 Å². The second-order valence-corrected chi connectivity index (χ2v) is 6.47. The average molecular weight is 330 g/mol. The maximum Gasteiger partial charge on any atom is 0.317 e. The Balaban J connectivity index is 2.75. The fourth-order valence-electron chi connectivity index (χ4n) is 3.56. The number of aliphatic carboxylic acids is 4. The average Bonchev–Trinajstić information content (AvgIpc) is 2.40. The molecule has 4 N–H and O–H groups in total. The molecule has 1 aliphatic carbocycles. The molecule has 0 spiro atoms. The first-order valence-corrected chi connectivity index (χ1v) is 7.53. The lowest BCUT2D eigenvalue weighted by Gasteiger charge is -2.34. The molecule has 1 rings (SSSR count). The Bertz CT molecular complexity index is 416. The zero-order valence-corrected chi connectivity index (χ0v) is 12.8. The van der Waals surface area contributed by atoms with Crippen LogP contribution in [0.3, 0.4) is 0 Å². The van der Waals surface area contributed by atoms with Crippen LogP contribution in [0.15, 0.2) is 0 Å². The third-order valence-corrected chi connectivity index (χ3v) is 4.47. The van der Waals surface area contributed by atoms with Gasteiger partial charge in [-0.15, -0.1) is 0 Å². The molecule has 130 valence electrons. The van der Waals surface area contributed by atoms with Crippen LogP contribution in [-0.4, -0.2) is 44.3 Å². The van der Waals surface area contributed by atoms with E-state index < -0.39 is 35.7 Å². The van der Waals surface area contributed by atoms with Gasteiger partial charge in [-0.05, 0) is 49.9 Å². The molecule has 1 saturated carbocycles. The van der Waals surface area contributed by atoms with Gasteiger partial charge in [0.25, 0.3) is 0 Å². The number of carboxylic acid groups (broad SMARTS) is 4. The van der Waals surface area contributed by atoms with Crippen molar-refractivity contribution < 1.29 is 39.6 Å². The molecule has 2 atom stereocenters. The van der Waals surface area contributed by atoms with Gasteiger partial charge in [0.2, 0.25) is 0 Å². The second kappa shape index (κ2) is 7.94. The maximum absolute atomic E-state index is 11.0. The highest BCUT2D eigenvalue weighted by Gasteiger charge is 2.36. The van der Waals surface area contributed by atoms with Crippen LogP contribution in [0, 0.1) is 29.6 Å². The van der Waals surface area contributed by atoms with Crippen LogP contribution in [0.4, 0.5) is 0 Å². The zero-order chi connectivity index (χ0) is 17.7. The van der Waals surface area contributed by atoms with Crippen molar-refractivity contribution >= 4 is 23.9 Å². The fraction of sp³-hybridized carbons (Fsp3) is 0.733. The Labute approximate surface area is 133 Å². The van der Waals surface area contributed by atoms with Crippen molar-refractivity contribution in [3.05, 3.63) is 0 Å². The van der Waals surface area contributed by atoms with Gasteiger partial charge in [0.1, 0.15) is 0 Å². The molecule has 23 heavy (non-hydrogen) atoms. The first-order chi connectivity index (χ1) is 10.6. The summed E-state index contributed by atoms with van der Waals surface area (Å²) in [5.74, 6) is -8.68. The van der Waals surface area contributed by atoms with E-state index in [0.717, 1.165) is 0 Å². The molecule has 0 aromatic carbocycles. The van der Waals surface area contributed by atoms with Gasteiger partial charge in [-0.2, -0.15) is 0 Å².